The number of alkyl halides is 2. The van der Waals surface area contributed by atoms with Crippen molar-refractivity contribution < 1.29 is 14.3 Å². The second-order valence-corrected chi connectivity index (χ2v) is 10.2. The molecule has 1 saturated heterocycles. The van der Waals surface area contributed by atoms with Gasteiger partial charge in [-0.3, -0.25) is 9.59 Å². The summed E-state index contributed by atoms with van der Waals surface area (Å²) in [4.78, 5) is 25.2. The first-order valence-corrected chi connectivity index (χ1v) is 11.4. The Bertz CT molecular complexity index is 1020. The fourth-order valence-electron chi connectivity index (χ4n) is 3.74. The van der Waals surface area contributed by atoms with Crippen LogP contribution in [0, 0.1) is 5.92 Å². The summed E-state index contributed by atoms with van der Waals surface area (Å²) in [6, 6.07) is 9.74. The number of amides is 2. The van der Waals surface area contributed by atoms with Crippen LogP contribution in [0.3, 0.4) is 0 Å². The van der Waals surface area contributed by atoms with Crippen molar-refractivity contribution in [1.82, 2.24) is 0 Å². The number of carbonyl (C=O) groups is 2. The maximum absolute atomic E-state index is 12.9. The van der Waals surface area contributed by atoms with Crippen LogP contribution in [-0.2, 0) is 14.3 Å². The number of hydrogen-bond donors (Lipinski definition) is 2. The second kappa shape index (κ2) is 8.97. The van der Waals surface area contributed by atoms with Gasteiger partial charge in [0.15, 0.2) is 0 Å². The Hall–Kier alpha value is -1.21. The Kier molecular flexibility index (Phi) is 6.64. The van der Waals surface area contributed by atoms with Crippen LogP contribution in [0.15, 0.2) is 36.4 Å². The van der Waals surface area contributed by atoms with E-state index >= 15 is 0 Å². The van der Waals surface area contributed by atoms with E-state index in [1.54, 1.807) is 36.4 Å². The van der Waals surface area contributed by atoms with Crippen molar-refractivity contribution in [2.24, 2.45) is 5.92 Å². The minimum atomic E-state index is -1.29. The van der Waals surface area contributed by atoms with Crippen molar-refractivity contribution in [3.05, 3.63) is 57.0 Å². The third kappa shape index (κ3) is 4.92. The van der Waals surface area contributed by atoms with E-state index in [1.165, 1.54) is 0 Å². The van der Waals surface area contributed by atoms with Crippen LogP contribution in [0.4, 0.5) is 11.4 Å². The quantitative estimate of drug-likeness (QED) is 0.454. The fraction of sp³-hybridized carbons (Fsp3) is 0.333. The van der Waals surface area contributed by atoms with Crippen LogP contribution in [0.2, 0.25) is 15.1 Å². The van der Waals surface area contributed by atoms with E-state index in [9.17, 15) is 9.59 Å². The first-order chi connectivity index (χ1) is 14.7. The molecule has 4 rings (SSSR count). The normalized spacial score (nSPS) is 24.0. The highest BCUT2D eigenvalue weighted by atomic mass is 35.5. The van der Waals surface area contributed by atoms with E-state index in [1.807, 2.05) is 0 Å². The van der Waals surface area contributed by atoms with E-state index < -0.39 is 22.3 Å². The van der Waals surface area contributed by atoms with E-state index in [-0.39, 0.29) is 11.8 Å². The summed E-state index contributed by atoms with van der Waals surface area (Å²) >= 11 is 31.1. The standard InChI is InChI=1S/C21H17Cl5N2O3/c22-11-6-10(7-12(23)8-11)17-18(21(17,25)26)20(30)27-13-3-4-14(24)15(9-13)28-19(29)16-2-1-5-31-16/h3-4,6-9,16-18H,1-2,5H2,(H,27,30)(H,28,29)/t16?,17-,18+/m0/s1. The Balaban J connectivity index is 1.47. The van der Waals surface area contributed by atoms with Crippen LogP contribution in [-0.4, -0.2) is 28.9 Å². The zero-order valence-electron chi connectivity index (χ0n) is 15.9. The van der Waals surface area contributed by atoms with Crippen molar-refractivity contribution in [1.29, 1.82) is 0 Å². The minimum Gasteiger partial charge on any atom is -0.368 e. The molecule has 1 saturated carbocycles. The highest BCUT2D eigenvalue weighted by Crippen LogP contribution is 2.65. The zero-order chi connectivity index (χ0) is 22.3. The molecule has 2 fully saturated rings. The molecule has 2 aliphatic rings. The van der Waals surface area contributed by atoms with Crippen LogP contribution in [0.5, 0.6) is 0 Å². The van der Waals surface area contributed by atoms with Crippen LogP contribution in [0.1, 0.15) is 24.3 Å². The van der Waals surface area contributed by atoms with Crippen molar-refractivity contribution in [3.63, 3.8) is 0 Å². The molecule has 2 aromatic carbocycles. The Morgan fingerprint density at radius 2 is 1.68 bits per heavy atom. The predicted octanol–water partition coefficient (Wildman–Crippen LogP) is 6.29. The van der Waals surface area contributed by atoms with Gasteiger partial charge >= 0.3 is 0 Å². The van der Waals surface area contributed by atoms with Crippen molar-refractivity contribution in [2.75, 3.05) is 17.2 Å². The molecule has 1 aliphatic heterocycles. The molecule has 2 amide bonds. The number of anilines is 2. The average molecular weight is 523 g/mol. The molecular weight excluding hydrogens is 506 g/mol. The first-order valence-electron chi connectivity index (χ1n) is 9.53. The largest absolute Gasteiger partial charge is 0.368 e. The summed E-state index contributed by atoms with van der Waals surface area (Å²) in [7, 11) is 0. The van der Waals surface area contributed by atoms with Gasteiger partial charge in [-0.2, -0.15) is 0 Å². The summed E-state index contributed by atoms with van der Waals surface area (Å²) in [6.45, 7) is 0.556. The van der Waals surface area contributed by atoms with Gasteiger partial charge in [0, 0.05) is 28.3 Å². The molecule has 31 heavy (non-hydrogen) atoms. The van der Waals surface area contributed by atoms with Crippen molar-refractivity contribution >= 4 is 81.2 Å². The lowest BCUT2D eigenvalue weighted by Crippen LogP contribution is -2.27. The third-order valence-electron chi connectivity index (χ3n) is 5.29. The topological polar surface area (TPSA) is 67.4 Å². The molecule has 0 radical (unpaired) electrons. The summed E-state index contributed by atoms with van der Waals surface area (Å²) in [5.74, 6) is -1.81. The SMILES string of the molecule is O=C(Nc1cc(NC(=O)[C@H]2[C@H](c3cc(Cl)cc(Cl)c3)C2(Cl)Cl)ccc1Cl)C1CCCO1. The number of carbonyl (C=O) groups excluding carboxylic acids is 2. The predicted molar refractivity (Wildman–Crippen MR) is 125 cm³/mol. The molecule has 0 spiro atoms. The minimum absolute atomic E-state index is 0.275. The number of nitrogens with one attached hydrogen (secondary N) is 2. The number of ether oxygens (including phenoxy) is 1. The molecule has 1 heterocycles. The summed E-state index contributed by atoms with van der Waals surface area (Å²) in [6.07, 6.45) is 0.990. The number of hydrogen-bond acceptors (Lipinski definition) is 3. The van der Waals surface area contributed by atoms with Gasteiger partial charge in [0.2, 0.25) is 5.91 Å². The zero-order valence-corrected chi connectivity index (χ0v) is 19.7. The molecule has 0 bridgehead atoms. The van der Waals surface area contributed by atoms with Crippen LogP contribution >= 0.6 is 58.0 Å². The fourth-order valence-corrected chi connectivity index (χ4v) is 5.27. The van der Waals surface area contributed by atoms with Gasteiger partial charge < -0.3 is 15.4 Å². The van der Waals surface area contributed by atoms with Gasteiger partial charge in [0.1, 0.15) is 10.4 Å². The van der Waals surface area contributed by atoms with Crippen LogP contribution < -0.4 is 10.6 Å². The summed E-state index contributed by atoms with van der Waals surface area (Å²) in [5.41, 5.74) is 1.50. The summed E-state index contributed by atoms with van der Waals surface area (Å²) < 4.78 is 4.09. The number of benzene rings is 2. The van der Waals surface area contributed by atoms with E-state index in [0.29, 0.717) is 45.0 Å². The lowest BCUT2D eigenvalue weighted by atomic mass is 10.1. The lowest BCUT2D eigenvalue weighted by Gasteiger charge is -2.13. The molecule has 10 heteroatoms. The molecule has 3 atom stereocenters. The highest BCUT2D eigenvalue weighted by molar-refractivity contribution is 6.53. The molecule has 5 nitrogen and oxygen atoms in total. The monoisotopic (exact) mass is 520 g/mol. The Morgan fingerprint density at radius 1 is 0.968 bits per heavy atom. The maximum atomic E-state index is 12.9. The summed E-state index contributed by atoms with van der Waals surface area (Å²) in [5, 5.41) is 6.73. The van der Waals surface area contributed by atoms with Gasteiger partial charge in [-0.25, -0.2) is 0 Å². The molecule has 2 N–H and O–H groups in total. The van der Waals surface area contributed by atoms with Gasteiger partial charge in [-0.1, -0.05) is 34.8 Å². The van der Waals surface area contributed by atoms with E-state index in [4.69, 9.17) is 62.7 Å². The number of halogens is 5. The smallest absolute Gasteiger partial charge is 0.253 e. The van der Waals surface area contributed by atoms with Crippen molar-refractivity contribution in [3.8, 4) is 0 Å². The molecule has 164 valence electrons. The van der Waals surface area contributed by atoms with Gasteiger partial charge in [0.25, 0.3) is 5.91 Å². The van der Waals surface area contributed by atoms with Crippen LogP contribution in [0.25, 0.3) is 0 Å². The van der Waals surface area contributed by atoms with Gasteiger partial charge in [0.05, 0.1) is 16.6 Å². The molecule has 2 aromatic rings. The van der Waals surface area contributed by atoms with E-state index in [0.717, 1.165) is 6.42 Å². The number of rotatable bonds is 5. The van der Waals surface area contributed by atoms with Crippen molar-refractivity contribution in [2.45, 2.75) is 29.2 Å². The highest BCUT2D eigenvalue weighted by Gasteiger charge is 2.67. The van der Waals surface area contributed by atoms with E-state index in [2.05, 4.69) is 10.6 Å². The van der Waals surface area contributed by atoms with Gasteiger partial charge in [-0.15, -0.1) is 23.2 Å². The third-order valence-corrected chi connectivity index (χ3v) is 7.00. The molecule has 1 aliphatic carbocycles. The second-order valence-electron chi connectivity index (χ2n) is 7.51. The molecular formula is C21H17Cl5N2O3. The lowest BCUT2D eigenvalue weighted by molar-refractivity contribution is -0.124. The Labute approximate surface area is 204 Å². The molecule has 0 aromatic heterocycles. The Morgan fingerprint density at radius 3 is 2.32 bits per heavy atom. The maximum Gasteiger partial charge on any atom is 0.253 e. The van der Waals surface area contributed by atoms with Gasteiger partial charge in [-0.05, 0) is 54.8 Å². The average Bonchev–Trinajstić information content (AvgIpc) is 3.04. The molecule has 1 unspecified atom stereocenters. The first kappa shape index (κ1) is 23.0.